The molecule has 9 nitrogen and oxygen atoms in total. The zero-order valence-corrected chi connectivity index (χ0v) is 26.8. The van der Waals surface area contributed by atoms with Gasteiger partial charge in [-0.25, -0.2) is 4.79 Å². The van der Waals surface area contributed by atoms with Crippen molar-refractivity contribution in [3.63, 3.8) is 0 Å². The summed E-state index contributed by atoms with van der Waals surface area (Å²) in [4.78, 5) is 58.8. The number of esters is 1. The largest absolute Gasteiger partial charge is 0.458 e. The highest BCUT2D eigenvalue weighted by molar-refractivity contribution is 5.96. The van der Waals surface area contributed by atoms with Crippen molar-refractivity contribution in [2.45, 2.75) is 124 Å². The first-order valence-corrected chi connectivity index (χ1v) is 14.8. The van der Waals surface area contributed by atoms with Crippen molar-refractivity contribution in [1.82, 2.24) is 20.0 Å². The molecule has 0 aromatic heterocycles. The SMILES string of the molecule is CC(=C[C@H](C(C)C)N(C)C(=O)[C@@H](NC(=O)[C@H]1CCCCN1C)C(C)(C)C)C(=O)N1CCC[C@H]1C(=O)OC(C)(C)C. The Labute approximate surface area is 242 Å². The van der Waals surface area contributed by atoms with Gasteiger partial charge in [-0.3, -0.25) is 19.3 Å². The lowest BCUT2D eigenvalue weighted by Crippen LogP contribution is -2.59. The summed E-state index contributed by atoms with van der Waals surface area (Å²) >= 11 is 0. The van der Waals surface area contributed by atoms with Gasteiger partial charge in [0, 0.05) is 19.2 Å². The molecule has 0 unspecified atom stereocenters. The van der Waals surface area contributed by atoms with E-state index in [-0.39, 0.29) is 41.7 Å². The van der Waals surface area contributed by atoms with E-state index in [0.29, 0.717) is 18.5 Å². The number of nitrogens with one attached hydrogen (secondary N) is 1. The lowest BCUT2D eigenvalue weighted by atomic mass is 9.84. The Kier molecular flexibility index (Phi) is 11.4. The van der Waals surface area contributed by atoms with Gasteiger partial charge in [-0.2, -0.15) is 0 Å². The molecule has 0 radical (unpaired) electrons. The second-order valence-electron chi connectivity index (χ2n) is 14.0. The fraction of sp³-hybridized carbons (Fsp3) is 0.806. The predicted molar refractivity (Wildman–Crippen MR) is 157 cm³/mol. The van der Waals surface area contributed by atoms with Crippen LogP contribution in [0.2, 0.25) is 0 Å². The van der Waals surface area contributed by atoms with Crippen LogP contribution in [-0.4, -0.2) is 95.3 Å². The summed E-state index contributed by atoms with van der Waals surface area (Å²) < 4.78 is 5.57. The van der Waals surface area contributed by atoms with E-state index in [4.69, 9.17) is 4.74 Å². The minimum Gasteiger partial charge on any atom is -0.458 e. The second-order valence-corrected chi connectivity index (χ2v) is 14.0. The molecule has 40 heavy (non-hydrogen) atoms. The Bertz CT molecular complexity index is 962. The summed E-state index contributed by atoms with van der Waals surface area (Å²) in [7, 11) is 3.69. The van der Waals surface area contributed by atoms with Crippen molar-refractivity contribution in [3.8, 4) is 0 Å². The topological polar surface area (TPSA) is 99.3 Å². The molecule has 228 valence electrons. The second kappa shape index (κ2) is 13.5. The van der Waals surface area contributed by atoms with E-state index in [2.05, 4.69) is 10.2 Å². The molecule has 2 heterocycles. The maximum Gasteiger partial charge on any atom is 0.329 e. The van der Waals surface area contributed by atoms with Gasteiger partial charge >= 0.3 is 5.97 Å². The highest BCUT2D eigenvalue weighted by atomic mass is 16.6. The van der Waals surface area contributed by atoms with Crippen LogP contribution in [0.4, 0.5) is 0 Å². The molecular weight excluding hydrogens is 508 g/mol. The molecule has 2 aliphatic rings. The van der Waals surface area contributed by atoms with Crippen LogP contribution in [-0.2, 0) is 23.9 Å². The predicted octanol–water partition coefficient (Wildman–Crippen LogP) is 3.76. The summed E-state index contributed by atoms with van der Waals surface area (Å²) in [5, 5.41) is 3.07. The van der Waals surface area contributed by atoms with Gasteiger partial charge in [-0.05, 0) is 78.3 Å². The number of carbonyl (C=O) groups is 4. The molecule has 3 amide bonds. The van der Waals surface area contributed by atoms with Crippen molar-refractivity contribution in [1.29, 1.82) is 0 Å². The normalized spacial score (nSPS) is 22.6. The van der Waals surface area contributed by atoms with Crippen LogP contribution in [0.5, 0.6) is 0 Å². The van der Waals surface area contributed by atoms with Crippen LogP contribution in [0, 0.1) is 11.3 Å². The van der Waals surface area contributed by atoms with Crippen LogP contribution in [0.15, 0.2) is 11.6 Å². The van der Waals surface area contributed by atoms with Gasteiger partial charge in [0.05, 0.1) is 12.1 Å². The molecule has 0 saturated carbocycles. The van der Waals surface area contributed by atoms with Gasteiger partial charge in [0.2, 0.25) is 17.7 Å². The molecule has 0 aromatic rings. The molecular formula is C31H54N4O5. The zero-order chi connectivity index (χ0) is 30.6. The number of ether oxygens (including phenoxy) is 1. The Morgan fingerprint density at radius 1 is 0.950 bits per heavy atom. The highest BCUT2D eigenvalue weighted by Crippen LogP contribution is 2.27. The first kappa shape index (κ1) is 33.8. The van der Waals surface area contributed by atoms with Crippen LogP contribution >= 0.6 is 0 Å². The van der Waals surface area contributed by atoms with Crippen LogP contribution < -0.4 is 5.32 Å². The molecule has 2 fully saturated rings. The summed E-state index contributed by atoms with van der Waals surface area (Å²) in [6.07, 6.45) is 5.98. The quantitative estimate of drug-likeness (QED) is 0.357. The van der Waals surface area contributed by atoms with Crippen molar-refractivity contribution in [2.75, 3.05) is 27.2 Å². The summed E-state index contributed by atoms with van der Waals surface area (Å²) in [5.74, 6) is -0.902. The van der Waals surface area contributed by atoms with E-state index < -0.39 is 23.1 Å². The number of piperidine rings is 1. The monoisotopic (exact) mass is 562 g/mol. The molecule has 0 bridgehead atoms. The molecule has 0 aromatic carbocycles. The van der Waals surface area contributed by atoms with E-state index in [1.807, 2.05) is 68.5 Å². The molecule has 1 N–H and O–H groups in total. The molecule has 2 rings (SSSR count). The third-order valence-corrected chi connectivity index (χ3v) is 7.90. The summed E-state index contributed by atoms with van der Waals surface area (Å²) in [6.45, 7) is 18.4. The maximum absolute atomic E-state index is 13.9. The van der Waals surface area contributed by atoms with E-state index in [0.717, 1.165) is 32.2 Å². The van der Waals surface area contributed by atoms with Gasteiger partial charge in [0.1, 0.15) is 17.7 Å². The number of nitrogens with zero attached hydrogens (tertiary/aromatic N) is 3. The van der Waals surface area contributed by atoms with Gasteiger partial charge in [0.15, 0.2) is 0 Å². The number of rotatable bonds is 8. The Morgan fingerprint density at radius 3 is 2.08 bits per heavy atom. The Hall–Kier alpha value is -2.42. The van der Waals surface area contributed by atoms with Gasteiger partial charge in [-0.15, -0.1) is 0 Å². The molecule has 9 heteroatoms. The number of likely N-dealkylation sites (tertiary alicyclic amines) is 2. The fourth-order valence-corrected chi connectivity index (χ4v) is 5.57. The van der Waals surface area contributed by atoms with E-state index in [9.17, 15) is 19.2 Å². The lowest BCUT2D eigenvalue weighted by Gasteiger charge is -2.39. The van der Waals surface area contributed by atoms with Crippen molar-refractivity contribution in [2.24, 2.45) is 11.3 Å². The molecule has 2 aliphatic heterocycles. The molecule has 2 saturated heterocycles. The van der Waals surface area contributed by atoms with Crippen molar-refractivity contribution in [3.05, 3.63) is 11.6 Å². The standard InChI is InChI=1S/C31H54N4O5/c1-20(2)24(19-21(3)27(37)35-18-14-16-23(35)29(39)40-31(7,8)9)34(11)28(38)25(30(4,5)6)32-26(36)22-15-12-13-17-33(22)10/h19-20,22-25H,12-18H2,1-11H3,(H,32,36)/t22-,23+,24-,25-/m1/s1. The highest BCUT2D eigenvalue weighted by Gasteiger charge is 2.40. The van der Waals surface area contributed by atoms with Crippen LogP contribution in [0.1, 0.15) is 94.4 Å². The summed E-state index contributed by atoms with van der Waals surface area (Å²) in [6, 6.07) is -1.94. The molecule has 0 aliphatic carbocycles. The number of hydrogen-bond donors (Lipinski definition) is 1. The van der Waals surface area contributed by atoms with Crippen molar-refractivity contribution < 1.29 is 23.9 Å². The zero-order valence-electron chi connectivity index (χ0n) is 26.8. The van der Waals surface area contributed by atoms with Gasteiger partial charge < -0.3 is 19.9 Å². The summed E-state index contributed by atoms with van der Waals surface area (Å²) in [5.41, 5.74) is -0.661. The van der Waals surface area contributed by atoms with Gasteiger partial charge in [-0.1, -0.05) is 47.1 Å². The molecule has 0 spiro atoms. The van der Waals surface area contributed by atoms with E-state index >= 15 is 0 Å². The maximum atomic E-state index is 13.9. The van der Waals surface area contributed by atoms with Gasteiger partial charge in [0.25, 0.3) is 0 Å². The number of hydrogen-bond acceptors (Lipinski definition) is 6. The lowest BCUT2D eigenvalue weighted by molar-refractivity contribution is -0.162. The van der Waals surface area contributed by atoms with Crippen LogP contribution in [0.25, 0.3) is 0 Å². The molecule has 4 atom stereocenters. The number of likely N-dealkylation sites (N-methyl/N-ethyl adjacent to an activating group) is 2. The van der Waals surface area contributed by atoms with Crippen LogP contribution in [0.3, 0.4) is 0 Å². The first-order chi connectivity index (χ1) is 18.3. The third kappa shape index (κ3) is 8.79. The first-order valence-electron chi connectivity index (χ1n) is 14.8. The minimum absolute atomic E-state index is 0.0118. The number of carbonyl (C=O) groups excluding carboxylic acids is 4. The number of amides is 3. The fourth-order valence-electron chi connectivity index (χ4n) is 5.57. The average Bonchev–Trinajstić information content (AvgIpc) is 3.32. The van der Waals surface area contributed by atoms with Crippen molar-refractivity contribution >= 4 is 23.7 Å². The smallest absolute Gasteiger partial charge is 0.329 e. The van der Waals surface area contributed by atoms with E-state index in [1.54, 1.807) is 23.8 Å². The Balaban J connectivity index is 2.25. The third-order valence-electron chi connectivity index (χ3n) is 7.90. The van der Waals surface area contributed by atoms with E-state index in [1.165, 1.54) is 0 Å². The Morgan fingerprint density at radius 2 is 1.55 bits per heavy atom. The minimum atomic E-state index is -0.721. The average molecular weight is 563 g/mol.